The van der Waals surface area contributed by atoms with Gasteiger partial charge in [-0.2, -0.15) is 0 Å². The molecule has 1 aliphatic rings. The molecule has 0 saturated heterocycles. The summed E-state index contributed by atoms with van der Waals surface area (Å²) in [4.78, 5) is 12.3. The Bertz CT molecular complexity index is 452. The average molecular weight is 289 g/mol. The molecule has 1 aromatic rings. The van der Waals surface area contributed by atoms with E-state index in [1.165, 1.54) is 19.3 Å². The van der Waals surface area contributed by atoms with Gasteiger partial charge in [-0.25, -0.2) is 0 Å². The second-order valence-corrected chi connectivity index (χ2v) is 6.14. The van der Waals surface area contributed by atoms with Crippen LogP contribution in [-0.4, -0.2) is 18.5 Å². The summed E-state index contributed by atoms with van der Waals surface area (Å²) in [6.45, 7) is 2.50. The van der Waals surface area contributed by atoms with Gasteiger partial charge in [0.2, 0.25) is 5.91 Å². The van der Waals surface area contributed by atoms with Gasteiger partial charge in [0.25, 0.3) is 0 Å². The van der Waals surface area contributed by atoms with Crippen LogP contribution in [0.4, 0.5) is 0 Å². The molecule has 21 heavy (non-hydrogen) atoms. The number of carbonyl (C=O) groups is 1. The maximum atomic E-state index is 12.3. The number of aryl methyl sites for hydroxylation is 1. The van der Waals surface area contributed by atoms with Crippen molar-refractivity contribution in [3.05, 3.63) is 35.4 Å². The van der Waals surface area contributed by atoms with Gasteiger partial charge in [-0.05, 0) is 31.2 Å². The highest BCUT2D eigenvalue weighted by molar-refractivity contribution is 5.83. The van der Waals surface area contributed by atoms with Crippen LogP contribution in [0.1, 0.15) is 49.3 Å². The van der Waals surface area contributed by atoms with Crippen LogP contribution in [0.3, 0.4) is 0 Å². The summed E-state index contributed by atoms with van der Waals surface area (Å²) < 4.78 is 0. The molecule has 1 amide bonds. The minimum absolute atomic E-state index is 0.0503. The summed E-state index contributed by atoms with van der Waals surface area (Å²) in [5, 5.41) is 3.06. The van der Waals surface area contributed by atoms with Crippen LogP contribution in [-0.2, 0) is 4.79 Å². The monoisotopic (exact) mass is 289 g/mol. The first kappa shape index (κ1) is 16.0. The molecule has 2 atom stereocenters. The van der Waals surface area contributed by atoms with E-state index < -0.39 is 6.04 Å². The van der Waals surface area contributed by atoms with Crippen LogP contribution in [0.15, 0.2) is 24.3 Å². The van der Waals surface area contributed by atoms with Crippen molar-refractivity contribution in [2.75, 3.05) is 6.54 Å². The van der Waals surface area contributed by atoms with Crippen molar-refractivity contribution in [2.45, 2.75) is 51.1 Å². The second-order valence-electron chi connectivity index (χ2n) is 6.14. The van der Waals surface area contributed by atoms with Crippen molar-refractivity contribution in [3.63, 3.8) is 0 Å². The fourth-order valence-electron chi connectivity index (χ4n) is 3.10. The van der Waals surface area contributed by atoms with Crippen LogP contribution in [0.2, 0.25) is 0 Å². The molecular formula is C17H27N3O. The second kappa shape index (κ2) is 7.57. The largest absolute Gasteiger partial charge is 0.350 e. The first-order valence-electron chi connectivity index (χ1n) is 7.94. The molecule has 1 fully saturated rings. The third-order valence-electron chi connectivity index (χ3n) is 4.52. The van der Waals surface area contributed by atoms with Gasteiger partial charge in [0, 0.05) is 12.6 Å². The topological polar surface area (TPSA) is 81.1 Å². The molecule has 2 rings (SSSR count). The molecule has 1 aliphatic carbocycles. The quantitative estimate of drug-likeness (QED) is 0.775. The first-order chi connectivity index (χ1) is 10.1. The van der Waals surface area contributed by atoms with Crippen molar-refractivity contribution in [1.29, 1.82) is 0 Å². The van der Waals surface area contributed by atoms with Gasteiger partial charge in [-0.15, -0.1) is 0 Å². The number of hydrogen-bond donors (Lipinski definition) is 3. The molecule has 5 N–H and O–H groups in total. The molecule has 2 unspecified atom stereocenters. The van der Waals surface area contributed by atoms with Crippen LogP contribution < -0.4 is 16.8 Å². The van der Waals surface area contributed by atoms with Crippen molar-refractivity contribution in [3.8, 4) is 0 Å². The third kappa shape index (κ3) is 4.29. The molecule has 0 heterocycles. The van der Waals surface area contributed by atoms with E-state index >= 15 is 0 Å². The standard InChI is InChI=1S/C17H27N3O/c1-12-7-9-14(10-8-12)16(19)17(21)20-15(11-18)13-5-3-2-4-6-13/h7-10,13,15-16H,2-6,11,18-19H2,1H3,(H,20,21). The summed E-state index contributed by atoms with van der Waals surface area (Å²) in [6.07, 6.45) is 6.08. The van der Waals surface area contributed by atoms with E-state index in [0.29, 0.717) is 12.5 Å². The number of nitrogens with one attached hydrogen (secondary N) is 1. The predicted molar refractivity (Wildman–Crippen MR) is 85.7 cm³/mol. The number of benzene rings is 1. The molecule has 0 aromatic heterocycles. The fourth-order valence-corrected chi connectivity index (χ4v) is 3.10. The zero-order valence-electron chi connectivity index (χ0n) is 12.8. The summed E-state index contributed by atoms with van der Waals surface area (Å²) in [5.41, 5.74) is 13.9. The third-order valence-corrected chi connectivity index (χ3v) is 4.52. The molecule has 0 bridgehead atoms. The number of carbonyl (C=O) groups excluding carboxylic acids is 1. The highest BCUT2D eigenvalue weighted by atomic mass is 16.2. The highest BCUT2D eigenvalue weighted by Gasteiger charge is 2.26. The molecule has 0 spiro atoms. The minimum Gasteiger partial charge on any atom is -0.350 e. The number of hydrogen-bond acceptors (Lipinski definition) is 3. The molecule has 4 heteroatoms. The zero-order chi connectivity index (χ0) is 15.2. The van der Waals surface area contributed by atoms with E-state index in [1.54, 1.807) is 0 Å². The van der Waals surface area contributed by atoms with E-state index in [4.69, 9.17) is 11.5 Å². The Labute approximate surface area is 127 Å². The van der Waals surface area contributed by atoms with Crippen LogP contribution in [0.25, 0.3) is 0 Å². The smallest absolute Gasteiger partial charge is 0.241 e. The number of rotatable bonds is 5. The molecule has 4 nitrogen and oxygen atoms in total. The fraction of sp³-hybridized carbons (Fsp3) is 0.588. The van der Waals surface area contributed by atoms with Crippen molar-refractivity contribution in [2.24, 2.45) is 17.4 Å². The molecular weight excluding hydrogens is 262 g/mol. The van der Waals surface area contributed by atoms with Gasteiger partial charge < -0.3 is 16.8 Å². The van der Waals surface area contributed by atoms with Crippen LogP contribution >= 0.6 is 0 Å². The molecule has 1 aromatic carbocycles. The summed E-state index contributed by atoms with van der Waals surface area (Å²) >= 11 is 0. The van der Waals surface area contributed by atoms with Gasteiger partial charge in [0.15, 0.2) is 0 Å². The summed E-state index contributed by atoms with van der Waals surface area (Å²) in [7, 11) is 0. The highest BCUT2D eigenvalue weighted by Crippen LogP contribution is 2.26. The van der Waals surface area contributed by atoms with E-state index in [1.807, 2.05) is 31.2 Å². The molecule has 116 valence electrons. The van der Waals surface area contributed by atoms with E-state index in [-0.39, 0.29) is 11.9 Å². The van der Waals surface area contributed by atoms with Gasteiger partial charge in [-0.1, -0.05) is 49.1 Å². The maximum Gasteiger partial charge on any atom is 0.241 e. The Morgan fingerprint density at radius 2 is 1.86 bits per heavy atom. The molecule has 0 radical (unpaired) electrons. The van der Waals surface area contributed by atoms with Crippen molar-refractivity contribution >= 4 is 5.91 Å². The minimum atomic E-state index is -0.622. The summed E-state index contributed by atoms with van der Waals surface area (Å²) in [6, 6.07) is 7.21. The van der Waals surface area contributed by atoms with E-state index in [0.717, 1.165) is 24.0 Å². The van der Waals surface area contributed by atoms with Gasteiger partial charge >= 0.3 is 0 Å². The van der Waals surface area contributed by atoms with E-state index in [2.05, 4.69) is 5.32 Å². The lowest BCUT2D eigenvalue weighted by atomic mass is 9.83. The molecule has 0 aliphatic heterocycles. The number of nitrogens with two attached hydrogens (primary N) is 2. The molecule has 1 saturated carbocycles. The van der Waals surface area contributed by atoms with Crippen molar-refractivity contribution in [1.82, 2.24) is 5.32 Å². The van der Waals surface area contributed by atoms with Gasteiger partial charge in [0.1, 0.15) is 6.04 Å². The Hall–Kier alpha value is -1.39. The average Bonchev–Trinajstić information content (AvgIpc) is 2.53. The van der Waals surface area contributed by atoms with Gasteiger partial charge in [0.05, 0.1) is 0 Å². The Morgan fingerprint density at radius 1 is 1.24 bits per heavy atom. The summed E-state index contributed by atoms with van der Waals surface area (Å²) in [5.74, 6) is 0.373. The lowest BCUT2D eigenvalue weighted by molar-refractivity contribution is -0.123. The van der Waals surface area contributed by atoms with E-state index in [9.17, 15) is 4.79 Å². The zero-order valence-corrected chi connectivity index (χ0v) is 12.8. The van der Waals surface area contributed by atoms with Crippen LogP contribution in [0, 0.1) is 12.8 Å². The normalized spacial score (nSPS) is 19.0. The Morgan fingerprint density at radius 3 is 2.43 bits per heavy atom. The van der Waals surface area contributed by atoms with Crippen LogP contribution in [0.5, 0.6) is 0 Å². The SMILES string of the molecule is Cc1ccc(C(N)C(=O)NC(CN)C2CCCCC2)cc1. The maximum absolute atomic E-state index is 12.3. The van der Waals surface area contributed by atoms with Crippen molar-refractivity contribution < 1.29 is 4.79 Å². The lowest BCUT2D eigenvalue weighted by Gasteiger charge is -2.30. The lowest BCUT2D eigenvalue weighted by Crippen LogP contribution is -2.48. The first-order valence-corrected chi connectivity index (χ1v) is 7.94. The Balaban J connectivity index is 1.96. The predicted octanol–water partition coefficient (Wildman–Crippen LogP) is 2.02. The van der Waals surface area contributed by atoms with Gasteiger partial charge in [-0.3, -0.25) is 4.79 Å². The Kier molecular flexibility index (Phi) is 5.76. The number of amides is 1.